The molecule has 1 unspecified atom stereocenters. The molecule has 13 nitrogen and oxygen atoms in total. The minimum atomic E-state index is -0.735. The number of nitrogen functional groups attached to an aromatic ring is 1. The summed E-state index contributed by atoms with van der Waals surface area (Å²) in [7, 11) is 2.09. The van der Waals surface area contributed by atoms with Crippen molar-refractivity contribution < 1.29 is 14.6 Å². The molecule has 4 N–H and O–H groups in total. The standard InChI is InChI=1S/C28H36N10O3/c1-18-20(25(39)36-10-8-35(2)9-11-36)4-3-5-22(18)32-28(40)38-7-6-21-23(19-16-30-26(29)31-17-19)33-27(34-24(21)38)37-12-14-41-15-13-37/h3-5,16-17,25,39H,6-15H2,1-2H3,(H,32,40)(H2,29,30,31). The summed E-state index contributed by atoms with van der Waals surface area (Å²) in [5, 5.41) is 14.2. The van der Waals surface area contributed by atoms with Crippen LogP contribution in [0.4, 0.5) is 28.2 Å². The van der Waals surface area contributed by atoms with Gasteiger partial charge in [0.1, 0.15) is 12.0 Å². The molecule has 41 heavy (non-hydrogen) atoms. The minimum Gasteiger partial charge on any atom is -0.378 e. The number of nitrogens with zero attached hydrogens (tertiary/aromatic N) is 8. The van der Waals surface area contributed by atoms with Crippen molar-refractivity contribution in [3.8, 4) is 11.3 Å². The fourth-order valence-corrected chi connectivity index (χ4v) is 5.56. The molecule has 1 atom stereocenters. The maximum atomic E-state index is 13.7. The third-order valence-electron chi connectivity index (χ3n) is 8.08. The Morgan fingerprint density at radius 3 is 2.51 bits per heavy atom. The van der Waals surface area contributed by atoms with E-state index in [0.717, 1.165) is 48.4 Å². The van der Waals surface area contributed by atoms with Crippen LogP contribution in [0.25, 0.3) is 11.3 Å². The Morgan fingerprint density at radius 2 is 1.78 bits per heavy atom. The highest BCUT2D eigenvalue weighted by Crippen LogP contribution is 2.36. The lowest BCUT2D eigenvalue weighted by molar-refractivity contribution is -0.0235. The van der Waals surface area contributed by atoms with E-state index in [4.69, 9.17) is 20.4 Å². The maximum absolute atomic E-state index is 13.7. The van der Waals surface area contributed by atoms with Crippen molar-refractivity contribution in [1.29, 1.82) is 0 Å². The number of carbonyl (C=O) groups is 1. The number of nitrogens with one attached hydrogen (secondary N) is 1. The second-order valence-electron chi connectivity index (χ2n) is 10.7. The number of urea groups is 1. The first kappa shape index (κ1) is 27.3. The monoisotopic (exact) mass is 560 g/mol. The topological polar surface area (TPSA) is 149 Å². The Bertz CT molecular complexity index is 1400. The third kappa shape index (κ3) is 5.53. The second kappa shape index (κ2) is 11.5. The van der Waals surface area contributed by atoms with Gasteiger partial charge >= 0.3 is 6.03 Å². The van der Waals surface area contributed by atoms with E-state index in [1.165, 1.54) is 0 Å². The van der Waals surface area contributed by atoms with Crippen LogP contribution in [0.2, 0.25) is 0 Å². The smallest absolute Gasteiger partial charge is 0.327 e. The molecule has 0 spiro atoms. The molecule has 2 saturated heterocycles. The number of fused-ring (bicyclic) bond motifs is 1. The van der Waals surface area contributed by atoms with Crippen molar-refractivity contribution in [2.24, 2.45) is 0 Å². The maximum Gasteiger partial charge on any atom is 0.327 e. The number of morpholine rings is 1. The molecule has 3 aromatic rings. The lowest BCUT2D eigenvalue weighted by atomic mass is 10.0. The molecule has 3 aliphatic rings. The van der Waals surface area contributed by atoms with Gasteiger partial charge in [0.25, 0.3) is 0 Å². The number of rotatable bonds is 5. The molecule has 3 aliphatic heterocycles. The van der Waals surface area contributed by atoms with Crippen LogP contribution in [-0.2, 0) is 11.2 Å². The molecule has 13 heteroatoms. The quantitative estimate of drug-likeness (QED) is 0.417. The van der Waals surface area contributed by atoms with Crippen LogP contribution >= 0.6 is 0 Å². The number of amides is 2. The van der Waals surface area contributed by atoms with E-state index in [9.17, 15) is 9.90 Å². The number of hydrogen-bond acceptors (Lipinski definition) is 11. The molecule has 1 aromatic carbocycles. The number of benzene rings is 1. The Balaban J connectivity index is 1.28. The van der Waals surface area contributed by atoms with Crippen molar-refractivity contribution in [1.82, 2.24) is 29.7 Å². The van der Waals surface area contributed by atoms with Crippen LogP contribution in [-0.4, -0.2) is 107 Å². The number of aliphatic hydroxyl groups excluding tert-OH is 1. The van der Waals surface area contributed by atoms with Gasteiger partial charge in [-0.1, -0.05) is 12.1 Å². The second-order valence-corrected chi connectivity index (χ2v) is 10.7. The molecule has 5 heterocycles. The molecule has 0 aliphatic carbocycles. The number of carbonyl (C=O) groups excluding carboxylic acids is 1. The Morgan fingerprint density at radius 1 is 1.05 bits per heavy atom. The lowest BCUT2D eigenvalue weighted by Gasteiger charge is -2.36. The van der Waals surface area contributed by atoms with Gasteiger partial charge in [-0.25, -0.2) is 19.7 Å². The van der Waals surface area contributed by atoms with Crippen LogP contribution in [0.1, 0.15) is 22.9 Å². The molecule has 0 radical (unpaired) electrons. The van der Waals surface area contributed by atoms with Crippen LogP contribution < -0.4 is 20.9 Å². The van der Waals surface area contributed by atoms with Crippen LogP contribution in [0.5, 0.6) is 0 Å². The zero-order chi connectivity index (χ0) is 28.5. The van der Waals surface area contributed by atoms with Crippen molar-refractivity contribution in [2.75, 3.05) is 86.9 Å². The first-order chi connectivity index (χ1) is 19.9. The molecule has 216 valence electrons. The highest BCUT2D eigenvalue weighted by molar-refractivity contribution is 6.03. The fourth-order valence-electron chi connectivity index (χ4n) is 5.56. The first-order valence-corrected chi connectivity index (χ1v) is 14.0. The third-order valence-corrected chi connectivity index (χ3v) is 8.08. The molecule has 2 aromatic heterocycles. The van der Waals surface area contributed by atoms with Crippen molar-refractivity contribution in [2.45, 2.75) is 19.6 Å². The van der Waals surface area contributed by atoms with Crippen LogP contribution in [0, 0.1) is 6.92 Å². The average molecular weight is 561 g/mol. The van der Waals surface area contributed by atoms with E-state index in [0.29, 0.717) is 62.4 Å². The van der Waals surface area contributed by atoms with Crippen LogP contribution in [0.15, 0.2) is 30.6 Å². The predicted octanol–water partition coefficient (Wildman–Crippen LogP) is 1.49. The molecule has 2 amide bonds. The molecular formula is C28H36N10O3. The molecule has 0 bridgehead atoms. The summed E-state index contributed by atoms with van der Waals surface area (Å²) in [6.45, 7) is 8.23. The van der Waals surface area contributed by atoms with Gasteiger partial charge in [-0.2, -0.15) is 4.98 Å². The molecule has 2 fully saturated rings. The summed E-state index contributed by atoms with van der Waals surface area (Å²) in [6.07, 6.45) is 3.16. The van der Waals surface area contributed by atoms with Crippen molar-refractivity contribution in [3.05, 3.63) is 47.3 Å². The van der Waals surface area contributed by atoms with E-state index in [1.54, 1.807) is 17.3 Å². The summed E-state index contributed by atoms with van der Waals surface area (Å²) >= 11 is 0. The van der Waals surface area contributed by atoms with Gasteiger partial charge in [0.2, 0.25) is 11.9 Å². The predicted molar refractivity (Wildman–Crippen MR) is 156 cm³/mol. The summed E-state index contributed by atoms with van der Waals surface area (Å²) in [5.41, 5.74) is 10.3. The normalized spacial score (nSPS) is 18.8. The highest BCUT2D eigenvalue weighted by atomic mass is 16.5. The number of piperazine rings is 1. The minimum absolute atomic E-state index is 0.184. The van der Waals surface area contributed by atoms with E-state index >= 15 is 0 Å². The summed E-state index contributed by atoms with van der Waals surface area (Å²) in [4.78, 5) is 39.8. The van der Waals surface area contributed by atoms with Gasteiger partial charge in [-0.3, -0.25) is 9.80 Å². The van der Waals surface area contributed by atoms with Crippen molar-refractivity contribution in [3.63, 3.8) is 0 Å². The van der Waals surface area contributed by atoms with Crippen molar-refractivity contribution >= 4 is 29.4 Å². The van der Waals surface area contributed by atoms with Gasteiger partial charge in [0.05, 0.1) is 18.9 Å². The number of aromatic nitrogens is 4. The van der Waals surface area contributed by atoms with E-state index < -0.39 is 6.23 Å². The Hall–Kier alpha value is -3.91. The number of ether oxygens (including phenoxy) is 1. The average Bonchev–Trinajstić information content (AvgIpc) is 3.43. The Kier molecular flexibility index (Phi) is 7.67. The van der Waals surface area contributed by atoms with E-state index in [-0.39, 0.29) is 12.0 Å². The number of nitrogens with two attached hydrogens (primary N) is 1. The van der Waals surface area contributed by atoms with E-state index in [2.05, 4.69) is 37.0 Å². The molecule has 6 rings (SSSR count). The summed E-state index contributed by atoms with van der Waals surface area (Å²) in [6, 6.07) is 5.36. The highest BCUT2D eigenvalue weighted by Gasteiger charge is 2.32. The Labute approximate surface area is 239 Å². The number of anilines is 4. The lowest BCUT2D eigenvalue weighted by Crippen LogP contribution is -2.46. The molecular weight excluding hydrogens is 524 g/mol. The first-order valence-electron chi connectivity index (χ1n) is 14.0. The van der Waals surface area contributed by atoms with Gasteiger partial charge in [-0.05, 0) is 32.0 Å². The van der Waals surface area contributed by atoms with Crippen LogP contribution in [0.3, 0.4) is 0 Å². The largest absolute Gasteiger partial charge is 0.378 e. The number of likely N-dealkylation sites (N-methyl/N-ethyl adjacent to an activating group) is 1. The number of aliphatic hydroxyl groups is 1. The van der Waals surface area contributed by atoms with E-state index in [1.807, 2.05) is 25.1 Å². The zero-order valence-corrected chi connectivity index (χ0v) is 23.5. The van der Waals surface area contributed by atoms with Gasteiger partial charge in [0.15, 0.2) is 0 Å². The molecule has 0 saturated carbocycles. The van der Waals surface area contributed by atoms with Gasteiger partial charge in [0, 0.05) is 80.6 Å². The zero-order valence-electron chi connectivity index (χ0n) is 23.5. The SMILES string of the molecule is Cc1c(NC(=O)N2CCc3c(-c4cnc(N)nc4)nc(N4CCOCC4)nc32)cccc1C(O)N1CCN(C)CC1. The van der Waals surface area contributed by atoms with Gasteiger partial charge < -0.3 is 30.7 Å². The summed E-state index contributed by atoms with van der Waals surface area (Å²) < 4.78 is 5.52. The number of hydrogen-bond donors (Lipinski definition) is 3. The summed E-state index contributed by atoms with van der Waals surface area (Å²) in [5.74, 6) is 1.29. The fraction of sp³-hybridized carbons (Fsp3) is 0.464. The van der Waals surface area contributed by atoms with Gasteiger partial charge in [-0.15, -0.1) is 0 Å².